The maximum absolute atomic E-state index is 10.7. The molecule has 1 heterocycles. The maximum atomic E-state index is 10.7. The fraction of sp³-hybridized carbons (Fsp3) is 0.600. The third-order valence-electron chi connectivity index (χ3n) is 1.32. The Labute approximate surface area is 57.6 Å². The summed E-state index contributed by atoms with van der Waals surface area (Å²) in [5.41, 5.74) is 0. The summed E-state index contributed by atoms with van der Waals surface area (Å²) in [6.07, 6.45) is -1.16. The number of carbonyl (C=O) groups is 2. The highest BCUT2D eigenvalue weighted by atomic mass is 16.4. The molecule has 2 N–H and O–H groups in total. The van der Waals surface area contributed by atoms with Crippen molar-refractivity contribution in [3.05, 3.63) is 0 Å². The summed E-state index contributed by atoms with van der Waals surface area (Å²) in [6, 6.07) is 0. The Balaban J connectivity index is 2.56. The van der Waals surface area contributed by atoms with Crippen LogP contribution in [0, 0.1) is 0 Å². The molecule has 0 unspecified atom stereocenters. The molecule has 1 aliphatic heterocycles. The van der Waals surface area contributed by atoms with Gasteiger partial charge in [-0.2, -0.15) is 0 Å². The molecule has 2 amide bonds. The molecule has 1 rings (SSSR count). The smallest absolute Gasteiger partial charge is 0.414 e. The number of amides is 2. The van der Waals surface area contributed by atoms with Crippen LogP contribution in [0.25, 0.3) is 0 Å². The van der Waals surface area contributed by atoms with Gasteiger partial charge in [0.05, 0.1) is 6.54 Å². The highest BCUT2D eigenvalue weighted by Gasteiger charge is 2.22. The molecule has 0 saturated carbocycles. The summed E-state index contributed by atoms with van der Waals surface area (Å²) in [5.74, 6) is -0.376. The lowest BCUT2D eigenvalue weighted by Crippen LogP contribution is -2.50. The van der Waals surface area contributed by atoms with Crippen LogP contribution in [0.4, 0.5) is 4.79 Å². The zero-order valence-electron chi connectivity index (χ0n) is 5.33. The van der Waals surface area contributed by atoms with Crippen LogP contribution in [0.15, 0.2) is 0 Å². The van der Waals surface area contributed by atoms with Gasteiger partial charge in [0.25, 0.3) is 0 Å². The van der Waals surface area contributed by atoms with E-state index in [9.17, 15) is 9.59 Å². The van der Waals surface area contributed by atoms with E-state index in [1.54, 1.807) is 0 Å². The SMILES string of the molecule is O=C(O)N1CCNCC1=O. The standard InChI is InChI=1S/C5H8N2O3/c8-4-3-6-1-2-7(4)5(9)10/h6H,1-3H2,(H,9,10). The molecule has 0 atom stereocenters. The van der Waals surface area contributed by atoms with E-state index in [2.05, 4.69) is 5.32 Å². The third kappa shape index (κ3) is 1.24. The Bertz CT molecular complexity index is 168. The first kappa shape index (κ1) is 7.01. The van der Waals surface area contributed by atoms with E-state index in [-0.39, 0.29) is 19.0 Å². The molecule has 5 heteroatoms. The Kier molecular flexibility index (Phi) is 1.86. The summed E-state index contributed by atoms with van der Waals surface area (Å²) >= 11 is 0. The zero-order valence-corrected chi connectivity index (χ0v) is 5.33. The first-order chi connectivity index (χ1) is 4.72. The number of hydrogen-bond acceptors (Lipinski definition) is 3. The first-order valence-electron chi connectivity index (χ1n) is 2.96. The maximum Gasteiger partial charge on any atom is 0.414 e. The third-order valence-corrected chi connectivity index (χ3v) is 1.32. The van der Waals surface area contributed by atoms with Crippen LogP contribution < -0.4 is 5.32 Å². The average molecular weight is 144 g/mol. The van der Waals surface area contributed by atoms with Crippen LogP contribution >= 0.6 is 0 Å². The van der Waals surface area contributed by atoms with Crippen molar-refractivity contribution < 1.29 is 14.7 Å². The number of nitrogens with zero attached hydrogens (tertiary/aromatic N) is 1. The topological polar surface area (TPSA) is 69.6 Å². The molecule has 0 aliphatic carbocycles. The van der Waals surface area contributed by atoms with Crippen LogP contribution in [0.2, 0.25) is 0 Å². The summed E-state index contributed by atoms with van der Waals surface area (Å²) < 4.78 is 0. The molecule has 0 spiro atoms. The van der Waals surface area contributed by atoms with Crippen LogP contribution in [0.5, 0.6) is 0 Å². The number of carbonyl (C=O) groups excluding carboxylic acids is 1. The second kappa shape index (κ2) is 2.66. The minimum Gasteiger partial charge on any atom is -0.465 e. The molecular formula is C5H8N2O3. The van der Waals surface area contributed by atoms with Crippen LogP contribution in [-0.4, -0.2) is 41.6 Å². The molecule has 0 aromatic heterocycles. The Hall–Kier alpha value is -1.10. The van der Waals surface area contributed by atoms with Gasteiger partial charge in [0.15, 0.2) is 0 Å². The van der Waals surface area contributed by atoms with E-state index in [0.29, 0.717) is 6.54 Å². The molecule has 5 nitrogen and oxygen atoms in total. The highest BCUT2D eigenvalue weighted by molar-refractivity contribution is 5.92. The quantitative estimate of drug-likeness (QED) is 0.462. The number of nitrogens with one attached hydrogen (secondary N) is 1. The van der Waals surface area contributed by atoms with E-state index in [1.165, 1.54) is 0 Å². The molecular weight excluding hydrogens is 136 g/mol. The molecule has 1 aliphatic rings. The van der Waals surface area contributed by atoms with Crippen molar-refractivity contribution in [3.63, 3.8) is 0 Å². The number of carboxylic acid groups (broad SMARTS) is 1. The minimum absolute atomic E-state index is 0.131. The Morgan fingerprint density at radius 2 is 2.40 bits per heavy atom. The van der Waals surface area contributed by atoms with E-state index >= 15 is 0 Å². The lowest BCUT2D eigenvalue weighted by molar-refractivity contribution is -0.129. The van der Waals surface area contributed by atoms with Crippen molar-refractivity contribution in [1.29, 1.82) is 0 Å². The van der Waals surface area contributed by atoms with E-state index in [4.69, 9.17) is 5.11 Å². The van der Waals surface area contributed by atoms with Gasteiger partial charge < -0.3 is 10.4 Å². The van der Waals surface area contributed by atoms with E-state index in [0.717, 1.165) is 4.90 Å². The molecule has 10 heavy (non-hydrogen) atoms. The number of imide groups is 1. The normalized spacial score (nSPS) is 19.2. The van der Waals surface area contributed by atoms with Gasteiger partial charge >= 0.3 is 6.09 Å². The van der Waals surface area contributed by atoms with Crippen molar-refractivity contribution >= 4 is 12.0 Å². The van der Waals surface area contributed by atoms with E-state index in [1.807, 2.05) is 0 Å². The van der Waals surface area contributed by atoms with Crippen LogP contribution in [0.1, 0.15) is 0 Å². The van der Waals surface area contributed by atoms with Gasteiger partial charge in [0.2, 0.25) is 5.91 Å². The Morgan fingerprint density at radius 1 is 1.70 bits per heavy atom. The van der Waals surface area contributed by atoms with Crippen molar-refractivity contribution in [3.8, 4) is 0 Å². The molecule has 0 aromatic carbocycles. The second-order valence-electron chi connectivity index (χ2n) is 2.00. The summed E-state index contributed by atoms with van der Waals surface area (Å²) in [4.78, 5) is 21.8. The first-order valence-corrected chi connectivity index (χ1v) is 2.96. The molecule has 0 aromatic rings. The largest absolute Gasteiger partial charge is 0.465 e. The second-order valence-corrected chi connectivity index (χ2v) is 2.00. The predicted octanol–water partition coefficient (Wildman–Crippen LogP) is -0.904. The van der Waals surface area contributed by atoms with Gasteiger partial charge in [0.1, 0.15) is 0 Å². The summed E-state index contributed by atoms with van der Waals surface area (Å²) in [6.45, 7) is 0.943. The molecule has 1 saturated heterocycles. The van der Waals surface area contributed by atoms with Crippen molar-refractivity contribution in [1.82, 2.24) is 10.2 Å². The van der Waals surface area contributed by atoms with Gasteiger partial charge in [-0.15, -0.1) is 0 Å². The number of rotatable bonds is 0. The molecule has 0 bridgehead atoms. The summed E-state index contributed by atoms with van der Waals surface area (Å²) in [7, 11) is 0. The van der Waals surface area contributed by atoms with Crippen molar-refractivity contribution in [2.24, 2.45) is 0 Å². The fourth-order valence-corrected chi connectivity index (χ4v) is 0.809. The lowest BCUT2D eigenvalue weighted by atomic mass is 10.4. The van der Waals surface area contributed by atoms with Gasteiger partial charge in [0, 0.05) is 13.1 Å². The van der Waals surface area contributed by atoms with Gasteiger partial charge in [-0.3, -0.25) is 4.79 Å². The summed E-state index contributed by atoms with van der Waals surface area (Å²) in [5, 5.41) is 11.2. The predicted molar refractivity (Wildman–Crippen MR) is 32.6 cm³/mol. The number of hydrogen-bond donors (Lipinski definition) is 2. The van der Waals surface area contributed by atoms with E-state index < -0.39 is 6.09 Å². The minimum atomic E-state index is -1.16. The highest BCUT2D eigenvalue weighted by Crippen LogP contribution is 1.93. The Morgan fingerprint density at radius 3 is 2.80 bits per heavy atom. The molecule has 1 fully saturated rings. The van der Waals surface area contributed by atoms with Gasteiger partial charge in [-0.1, -0.05) is 0 Å². The van der Waals surface area contributed by atoms with Gasteiger partial charge in [-0.25, -0.2) is 9.69 Å². The number of piperazine rings is 1. The van der Waals surface area contributed by atoms with Crippen molar-refractivity contribution in [2.75, 3.05) is 19.6 Å². The van der Waals surface area contributed by atoms with Crippen LogP contribution in [0.3, 0.4) is 0 Å². The molecule has 56 valence electrons. The lowest BCUT2D eigenvalue weighted by Gasteiger charge is -2.22. The van der Waals surface area contributed by atoms with Crippen molar-refractivity contribution in [2.45, 2.75) is 0 Å². The zero-order chi connectivity index (χ0) is 7.56. The fourth-order valence-electron chi connectivity index (χ4n) is 0.809. The van der Waals surface area contributed by atoms with Crippen LogP contribution in [-0.2, 0) is 4.79 Å². The monoisotopic (exact) mass is 144 g/mol. The van der Waals surface area contributed by atoms with Gasteiger partial charge in [-0.05, 0) is 0 Å². The molecule has 0 radical (unpaired) electrons. The average Bonchev–Trinajstić information content (AvgIpc) is 1.88.